The van der Waals surface area contributed by atoms with Gasteiger partial charge in [0, 0.05) is 7.05 Å². The first-order valence-electron chi connectivity index (χ1n) is 3.05. The van der Waals surface area contributed by atoms with E-state index in [2.05, 4.69) is 4.52 Å². The van der Waals surface area contributed by atoms with Crippen LogP contribution in [0.4, 0.5) is 0 Å². The standard InChI is InChI=1S/C4H10N3O5P.Na.H/c1-7(4(5)6)2-3(8)12-13(9,10)11;;/h2H2,1H3,(H3,5,6)(H2,9,10,11);;/q;+1;-1. The van der Waals surface area contributed by atoms with Crippen molar-refractivity contribution in [1.82, 2.24) is 4.90 Å². The van der Waals surface area contributed by atoms with Crippen molar-refractivity contribution in [2.24, 2.45) is 5.73 Å². The van der Waals surface area contributed by atoms with Crippen molar-refractivity contribution < 1.29 is 54.7 Å². The van der Waals surface area contributed by atoms with Gasteiger partial charge >= 0.3 is 43.3 Å². The Bertz CT molecular complexity index is 271. The molecule has 0 aliphatic carbocycles. The van der Waals surface area contributed by atoms with E-state index < -0.39 is 26.3 Å². The smallest absolute Gasteiger partial charge is 1.00 e. The summed E-state index contributed by atoms with van der Waals surface area (Å²) in [4.78, 5) is 28.0. The molecule has 10 heteroatoms. The van der Waals surface area contributed by atoms with Crippen LogP contribution in [-0.4, -0.2) is 40.2 Å². The topological polar surface area (TPSA) is 137 Å². The van der Waals surface area contributed by atoms with Crippen LogP contribution in [0, 0.1) is 5.41 Å². The summed E-state index contributed by atoms with van der Waals surface area (Å²) in [5.74, 6) is -1.55. The maximum absolute atomic E-state index is 10.7. The number of rotatable bonds is 3. The minimum absolute atomic E-state index is 0. The van der Waals surface area contributed by atoms with Crippen molar-refractivity contribution in [3.63, 3.8) is 0 Å². The van der Waals surface area contributed by atoms with Gasteiger partial charge < -0.3 is 16.6 Å². The van der Waals surface area contributed by atoms with Crippen molar-refractivity contribution in [2.75, 3.05) is 13.6 Å². The maximum Gasteiger partial charge on any atom is 1.00 e. The molecule has 0 saturated carbocycles. The van der Waals surface area contributed by atoms with Gasteiger partial charge in [-0.25, -0.2) is 9.36 Å². The summed E-state index contributed by atoms with van der Waals surface area (Å²) in [6, 6.07) is 0. The Balaban J connectivity index is -0.000000720. The van der Waals surface area contributed by atoms with E-state index in [1.165, 1.54) is 7.05 Å². The Kier molecular flexibility index (Phi) is 7.45. The molecular weight excluding hydrogens is 224 g/mol. The number of nitrogens with two attached hydrogens (primary N) is 1. The number of hydrogen-bond acceptors (Lipinski definition) is 4. The van der Waals surface area contributed by atoms with E-state index in [0.717, 1.165) is 4.90 Å². The van der Waals surface area contributed by atoms with E-state index in [-0.39, 0.29) is 31.0 Å². The number of hydrogen-bond donors (Lipinski definition) is 4. The zero-order chi connectivity index (χ0) is 10.6. The van der Waals surface area contributed by atoms with Gasteiger partial charge in [-0.1, -0.05) is 0 Å². The molecule has 0 unspecified atom stereocenters. The molecule has 0 radical (unpaired) electrons. The normalized spacial score (nSPS) is 9.93. The van der Waals surface area contributed by atoms with E-state index in [1.54, 1.807) is 0 Å². The van der Waals surface area contributed by atoms with E-state index >= 15 is 0 Å². The van der Waals surface area contributed by atoms with Gasteiger partial charge in [0.25, 0.3) is 0 Å². The predicted molar refractivity (Wildman–Crippen MR) is 43.8 cm³/mol. The molecular formula is C4H11N3NaO5P. The Morgan fingerprint density at radius 1 is 1.71 bits per heavy atom. The Morgan fingerprint density at radius 2 is 2.14 bits per heavy atom. The number of carbonyl (C=O) groups is 1. The first-order chi connectivity index (χ1) is 5.72. The minimum atomic E-state index is -4.80. The van der Waals surface area contributed by atoms with Crippen molar-refractivity contribution in [3.05, 3.63) is 0 Å². The van der Waals surface area contributed by atoms with Gasteiger partial charge in [-0.3, -0.25) is 15.2 Å². The molecule has 0 amide bonds. The minimum Gasteiger partial charge on any atom is -1.00 e. The third-order valence-corrected chi connectivity index (χ3v) is 1.44. The maximum atomic E-state index is 10.7. The zero-order valence-corrected chi connectivity index (χ0v) is 10.7. The quantitative estimate of drug-likeness (QED) is 0.167. The van der Waals surface area contributed by atoms with E-state index in [0.29, 0.717) is 0 Å². The molecule has 0 aliphatic rings. The van der Waals surface area contributed by atoms with Crippen molar-refractivity contribution in [1.29, 1.82) is 5.41 Å². The zero-order valence-electron chi connectivity index (χ0n) is 8.80. The van der Waals surface area contributed by atoms with Crippen LogP contribution in [0.3, 0.4) is 0 Å². The summed E-state index contributed by atoms with van der Waals surface area (Å²) >= 11 is 0. The molecule has 0 saturated heterocycles. The molecule has 0 atom stereocenters. The fraction of sp³-hybridized carbons (Fsp3) is 0.500. The average Bonchev–Trinajstić information content (AvgIpc) is 1.81. The molecule has 0 aliphatic heterocycles. The summed E-state index contributed by atoms with van der Waals surface area (Å²) in [6.45, 7) is -0.486. The van der Waals surface area contributed by atoms with Gasteiger partial charge in [-0.05, 0) is 0 Å². The molecule has 0 aromatic heterocycles. The average molecular weight is 235 g/mol. The second-order valence-electron chi connectivity index (χ2n) is 2.20. The largest absolute Gasteiger partial charge is 1.00 e. The van der Waals surface area contributed by atoms with Gasteiger partial charge in [0.2, 0.25) is 0 Å². The molecule has 78 valence electrons. The van der Waals surface area contributed by atoms with Crippen LogP contribution in [0.5, 0.6) is 0 Å². The fourth-order valence-electron chi connectivity index (χ4n) is 0.440. The first kappa shape index (κ1) is 16.3. The van der Waals surface area contributed by atoms with Crippen LogP contribution < -0.4 is 35.3 Å². The third-order valence-electron chi connectivity index (χ3n) is 0.998. The van der Waals surface area contributed by atoms with Gasteiger partial charge in [-0.2, -0.15) is 0 Å². The summed E-state index contributed by atoms with van der Waals surface area (Å²) in [5.41, 5.74) is 4.96. The van der Waals surface area contributed by atoms with Crippen molar-refractivity contribution in [2.45, 2.75) is 0 Å². The Labute approximate surface area is 104 Å². The number of likely N-dealkylation sites (N-methyl/N-ethyl adjacent to an activating group) is 1. The molecule has 0 bridgehead atoms. The van der Waals surface area contributed by atoms with Gasteiger partial charge in [0.05, 0.1) is 0 Å². The fourth-order valence-corrected chi connectivity index (χ4v) is 0.763. The van der Waals surface area contributed by atoms with Crippen LogP contribution in [0.25, 0.3) is 0 Å². The molecule has 0 spiro atoms. The third kappa shape index (κ3) is 8.49. The number of phosphoric ester groups is 1. The van der Waals surface area contributed by atoms with Crippen LogP contribution in [-0.2, 0) is 13.9 Å². The number of phosphoric acid groups is 1. The Hall–Kier alpha value is -0.110. The van der Waals surface area contributed by atoms with Crippen LogP contribution >= 0.6 is 7.82 Å². The van der Waals surface area contributed by atoms with Crippen LogP contribution in [0.1, 0.15) is 1.43 Å². The van der Waals surface area contributed by atoms with E-state index in [9.17, 15) is 9.36 Å². The summed E-state index contributed by atoms with van der Waals surface area (Å²) < 4.78 is 13.8. The second kappa shape index (κ2) is 6.39. The molecule has 0 rings (SSSR count). The van der Waals surface area contributed by atoms with Gasteiger partial charge in [0.1, 0.15) is 6.54 Å². The van der Waals surface area contributed by atoms with E-state index in [4.69, 9.17) is 20.9 Å². The van der Waals surface area contributed by atoms with Crippen molar-refractivity contribution >= 4 is 19.8 Å². The monoisotopic (exact) mass is 235 g/mol. The summed E-state index contributed by atoms with van der Waals surface area (Å²) in [6.07, 6.45) is 0. The first-order valence-corrected chi connectivity index (χ1v) is 4.58. The molecule has 14 heavy (non-hydrogen) atoms. The molecule has 8 nitrogen and oxygen atoms in total. The molecule has 5 N–H and O–H groups in total. The van der Waals surface area contributed by atoms with Gasteiger partial charge in [0.15, 0.2) is 5.96 Å². The molecule has 0 heterocycles. The number of carbonyl (C=O) groups excluding carboxylic acids is 1. The predicted octanol–water partition coefficient (Wildman–Crippen LogP) is -4.44. The summed E-state index contributed by atoms with van der Waals surface area (Å²) in [5, 5.41) is 6.83. The van der Waals surface area contributed by atoms with Gasteiger partial charge in [-0.15, -0.1) is 0 Å². The van der Waals surface area contributed by atoms with Crippen molar-refractivity contribution in [3.8, 4) is 0 Å². The van der Waals surface area contributed by atoms with Crippen LogP contribution in [0.15, 0.2) is 0 Å². The van der Waals surface area contributed by atoms with Crippen LogP contribution in [0.2, 0.25) is 0 Å². The summed E-state index contributed by atoms with van der Waals surface area (Å²) in [7, 11) is -3.49. The van der Waals surface area contributed by atoms with E-state index in [1.807, 2.05) is 0 Å². The second-order valence-corrected chi connectivity index (χ2v) is 3.36. The number of guanidine groups is 1. The SMILES string of the molecule is CN(CC(=O)OP(=O)(O)O)C(=N)N.[H-].[Na+]. The molecule has 0 aromatic rings. The number of nitrogens with zero attached hydrogens (tertiary/aromatic N) is 1. The molecule has 0 aromatic carbocycles. The molecule has 0 fully saturated rings. The number of nitrogens with one attached hydrogen (secondary N) is 1. The Morgan fingerprint density at radius 3 is 2.43 bits per heavy atom.